The zero-order chi connectivity index (χ0) is 29.0. The van der Waals surface area contributed by atoms with Crippen LogP contribution in [0.4, 0.5) is 30.7 Å². The van der Waals surface area contributed by atoms with Gasteiger partial charge in [0, 0.05) is 23.0 Å². The molecule has 2 amide bonds. The number of hydrogen-bond acceptors (Lipinski definition) is 3. The van der Waals surface area contributed by atoms with Gasteiger partial charge in [-0.3, -0.25) is 9.59 Å². The minimum Gasteiger partial charge on any atom is -0.332 e. The summed E-state index contributed by atoms with van der Waals surface area (Å²) in [7, 11) is 0. The second kappa shape index (κ2) is 12.2. The molecule has 2 aromatic carbocycles. The molecular formula is C27H25F7N2O2S. The third-order valence-electron chi connectivity index (χ3n) is 6.09. The molecule has 4 nitrogen and oxygen atoms in total. The molecule has 0 bridgehead atoms. The number of halogens is 7. The summed E-state index contributed by atoms with van der Waals surface area (Å²) in [5, 5.41) is 1.80. The van der Waals surface area contributed by atoms with Crippen LogP contribution in [0.25, 0.3) is 0 Å². The lowest BCUT2D eigenvalue weighted by Crippen LogP contribution is -2.46. The van der Waals surface area contributed by atoms with Crippen molar-refractivity contribution < 1.29 is 40.3 Å². The van der Waals surface area contributed by atoms with Gasteiger partial charge in [0.25, 0.3) is 5.91 Å². The molecule has 1 unspecified atom stereocenters. The number of carbonyl (C=O) groups is 2. The number of hydrogen-bond donors (Lipinski definition) is 0. The summed E-state index contributed by atoms with van der Waals surface area (Å²) in [4.78, 5) is 30.0. The minimum absolute atomic E-state index is 0.0430. The maximum atomic E-state index is 13.5. The first-order chi connectivity index (χ1) is 18.2. The minimum atomic E-state index is -5.13. The lowest BCUT2D eigenvalue weighted by atomic mass is 10.0. The zero-order valence-corrected chi connectivity index (χ0v) is 21.8. The highest BCUT2D eigenvalue weighted by molar-refractivity contribution is 7.09. The summed E-state index contributed by atoms with van der Waals surface area (Å²) in [5.74, 6) is -2.18. The van der Waals surface area contributed by atoms with E-state index >= 15 is 0 Å². The number of benzene rings is 2. The SMILES string of the molecule is CCC(C)N(CC(=O)N(Cc1ccc(F)cc1)Cc1cccs1)C(=O)c1cc(C(F)(F)F)cc(C(F)(F)F)c1. The van der Waals surface area contributed by atoms with Gasteiger partial charge in [0.05, 0.1) is 17.7 Å². The number of amides is 2. The first-order valence-electron chi connectivity index (χ1n) is 11.8. The molecule has 3 aromatic rings. The van der Waals surface area contributed by atoms with E-state index in [1.54, 1.807) is 31.4 Å². The molecule has 39 heavy (non-hydrogen) atoms. The fraction of sp³-hybridized carbons (Fsp3) is 0.333. The predicted molar refractivity (Wildman–Crippen MR) is 132 cm³/mol. The van der Waals surface area contributed by atoms with Crippen LogP contribution < -0.4 is 0 Å². The monoisotopic (exact) mass is 574 g/mol. The summed E-state index contributed by atoms with van der Waals surface area (Å²) >= 11 is 1.37. The Morgan fingerprint density at radius 2 is 1.49 bits per heavy atom. The molecule has 0 aliphatic carbocycles. The van der Waals surface area contributed by atoms with Crippen molar-refractivity contribution in [3.63, 3.8) is 0 Å². The number of carbonyl (C=O) groups excluding carboxylic acids is 2. The van der Waals surface area contributed by atoms with Gasteiger partial charge in [-0.2, -0.15) is 26.3 Å². The molecule has 1 heterocycles. The lowest BCUT2D eigenvalue weighted by Gasteiger charge is -2.31. The van der Waals surface area contributed by atoms with Crippen LogP contribution >= 0.6 is 11.3 Å². The Morgan fingerprint density at radius 1 is 0.897 bits per heavy atom. The highest BCUT2D eigenvalue weighted by atomic mass is 32.1. The Bertz CT molecular complexity index is 1240. The quantitative estimate of drug-likeness (QED) is 0.250. The van der Waals surface area contributed by atoms with Gasteiger partial charge in [0.1, 0.15) is 12.4 Å². The molecule has 0 spiro atoms. The molecule has 0 saturated heterocycles. The molecule has 0 N–H and O–H groups in total. The fourth-order valence-corrected chi connectivity index (χ4v) is 4.49. The van der Waals surface area contributed by atoms with Crippen LogP contribution in [0.2, 0.25) is 0 Å². The van der Waals surface area contributed by atoms with Crippen LogP contribution in [0.15, 0.2) is 60.0 Å². The average Bonchev–Trinajstić information content (AvgIpc) is 3.39. The smallest absolute Gasteiger partial charge is 0.332 e. The highest BCUT2D eigenvalue weighted by Crippen LogP contribution is 2.36. The zero-order valence-electron chi connectivity index (χ0n) is 20.9. The van der Waals surface area contributed by atoms with E-state index in [2.05, 4.69) is 0 Å². The van der Waals surface area contributed by atoms with Crippen molar-refractivity contribution in [2.24, 2.45) is 0 Å². The number of alkyl halides is 6. The van der Waals surface area contributed by atoms with E-state index in [0.717, 1.165) is 9.78 Å². The summed E-state index contributed by atoms with van der Waals surface area (Å²) in [5.41, 5.74) is -3.47. The molecule has 0 fully saturated rings. The molecule has 3 rings (SSSR count). The van der Waals surface area contributed by atoms with Crippen LogP contribution in [0.3, 0.4) is 0 Å². The summed E-state index contributed by atoms with van der Waals surface area (Å²) in [6.07, 6.45) is -9.97. The molecule has 0 radical (unpaired) electrons. The molecule has 0 aliphatic rings. The van der Waals surface area contributed by atoms with Gasteiger partial charge in [0.15, 0.2) is 0 Å². The predicted octanol–water partition coefficient (Wildman–Crippen LogP) is 7.39. The summed E-state index contributed by atoms with van der Waals surface area (Å²) in [6.45, 7) is 2.81. The molecule has 1 atom stereocenters. The van der Waals surface area contributed by atoms with Crippen LogP contribution in [0.5, 0.6) is 0 Å². The van der Waals surface area contributed by atoms with Crippen LogP contribution in [-0.2, 0) is 30.2 Å². The van der Waals surface area contributed by atoms with Crippen molar-refractivity contribution >= 4 is 23.2 Å². The molecule has 0 saturated carbocycles. The van der Waals surface area contributed by atoms with E-state index in [1.165, 1.54) is 40.5 Å². The number of thiophene rings is 1. The Balaban J connectivity index is 1.95. The van der Waals surface area contributed by atoms with E-state index in [4.69, 9.17) is 0 Å². The van der Waals surface area contributed by atoms with Gasteiger partial charge in [0.2, 0.25) is 5.91 Å². The van der Waals surface area contributed by atoms with Crippen LogP contribution in [0, 0.1) is 5.82 Å². The Hall–Kier alpha value is -3.41. The Morgan fingerprint density at radius 3 is 1.97 bits per heavy atom. The third kappa shape index (κ3) is 8.04. The van der Waals surface area contributed by atoms with Crippen molar-refractivity contribution in [3.8, 4) is 0 Å². The largest absolute Gasteiger partial charge is 0.416 e. The van der Waals surface area contributed by atoms with Gasteiger partial charge < -0.3 is 9.80 Å². The lowest BCUT2D eigenvalue weighted by molar-refractivity contribution is -0.143. The number of rotatable bonds is 9. The number of nitrogens with zero attached hydrogens (tertiary/aromatic N) is 2. The standard InChI is InChI=1S/C27H25F7N2O2S/c1-3-17(2)36(25(38)19-11-20(26(29,30)31)13-21(12-19)27(32,33)34)16-24(37)35(15-23-5-4-10-39-23)14-18-6-8-22(28)9-7-18/h4-13,17H,3,14-16H2,1-2H3. The molecule has 12 heteroatoms. The third-order valence-corrected chi connectivity index (χ3v) is 6.95. The molecule has 1 aromatic heterocycles. The maximum Gasteiger partial charge on any atom is 0.416 e. The molecular weight excluding hydrogens is 549 g/mol. The Kier molecular flexibility index (Phi) is 9.42. The molecule has 0 aliphatic heterocycles. The van der Waals surface area contributed by atoms with E-state index in [0.29, 0.717) is 17.7 Å². The fourth-order valence-electron chi connectivity index (χ4n) is 3.77. The van der Waals surface area contributed by atoms with Crippen molar-refractivity contribution in [1.82, 2.24) is 9.80 Å². The van der Waals surface area contributed by atoms with E-state index in [9.17, 15) is 40.3 Å². The van der Waals surface area contributed by atoms with Gasteiger partial charge >= 0.3 is 12.4 Å². The van der Waals surface area contributed by atoms with Crippen molar-refractivity contribution in [2.75, 3.05) is 6.54 Å². The van der Waals surface area contributed by atoms with E-state index in [-0.39, 0.29) is 25.6 Å². The average molecular weight is 575 g/mol. The topological polar surface area (TPSA) is 40.6 Å². The van der Waals surface area contributed by atoms with Gasteiger partial charge in [-0.1, -0.05) is 25.1 Å². The maximum absolute atomic E-state index is 13.5. The van der Waals surface area contributed by atoms with E-state index in [1.807, 2.05) is 0 Å². The van der Waals surface area contributed by atoms with Gasteiger partial charge in [-0.15, -0.1) is 11.3 Å². The van der Waals surface area contributed by atoms with Crippen LogP contribution in [0.1, 0.15) is 52.2 Å². The summed E-state index contributed by atoms with van der Waals surface area (Å²) in [6, 6.07) is 8.98. The van der Waals surface area contributed by atoms with Gasteiger partial charge in [-0.05, 0) is 60.7 Å². The second-order valence-electron chi connectivity index (χ2n) is 8.94. The van der Waals surface area contributed by atoms with Crippen molar-refractivity contribution in [1.29, 1.82) is 0 Å². The van der Waals surface area contributed by atoms with E-state index < -0.39 is 59.3 Å². The van der Waals surface area contributed by atoms with Gasteiger partial charge in [-0.25, -0.2) is 4.39 Å². The van der Waals surface area contributed by atoms with Crippen molar-refractivity contribution in [2.45, 2.75) is 51.8 Å². The second-order valence-corrected chi connectivity index (χ2v) is 9.97. The van der Waals surface area contributed by atoms with Crippen molar-refractivity contribution in [3.05, 3.63) is 92.9 Å². The first kappa shape index (κ1) is 30.1. The highest BCUT2D eigenvalue weighted by Gasteiger charge is 2.38. The Labute approximate surface area is 224 Å². The molecule has 210 valence electrons. The first-order valence-corrected chi connectivity index (χ1v) is 12.7. The van der Waals surface area contributed by atoms with Crippen LogP contribution in [-0.4, -0.2) is 34.2 Å². The normalized spacial score (nSPS) is 12.7. The summed E-state index contributed by atoms with van der Waals surface area (Å²) < 4.78 is 93.6.